The molecule has 2 aliphatic heterocycles. The van der Waals surface area contributed by atoms with Crippen LogP contribution < -0.4 is 0 Å². The standard InChI is InChI=1S/C11H22N2O3S/c1-17(15,16)13-5-2-3-10(8-13)7-12-6-4-11(14)9-12/h10-11,14H,2-9H2,1H3/t10?,11-/m1/s1. The molecule has 0 saturated carbocycles. The molecule has 2 heterocycles. The van der Waals surface area contributed by atoms with Crippen LogP contribution in [-0.2, 0) is 10.0 Å². The normalized spacial score (nSPS) is 33.1. The van der Waals surface area contributed by atoms with E-state index >= 15 is 0 Å². The highest BCUT2D eigenvalue weighted by molar-refractivity contribution is 7.88. The van der Waals surface area contributed by atoms with Gasteiger partial charge >= 0.3 is 0 Å². The molecule has 100 valence electrons. The minimum Gasteiger partial charge on any atom is -0.392 e. The van der Waals surface area contributed by atoms with Gasteiger partial charge in [-0.2, -0.15) is 0 Å². The van der Waals surface area contributed by atoms with E-state index in [4.69, 9.17) is 0 Å². The maximum atomic E-state index is 11.5. The van der Waals surface area contributed by atoms with Crippen molar-refractivity contribution in [2.45, 2.75) is 25.4 Å². The molecule has 5 nitrogen and oxygen atoms in total. The number of hydrogen-bond acceptors (Lipinski definition) is 4. The first-order valence-electron chi connectivity index (χ1n) is 6.30. The fourth-order valence-corrected chi connectivity index (χ4v) is 3.76. The number of hydrogen-bond donors (Lipinski definition) is 1. The third-order valence-electron chi connectivity index (χ3n) is 3.71. The van der Waals surface area contributed by atoms with Crippen molar-refractivity contribution in [3.8, 4) is 0 Å². The number of nitrogens with zero attached hydrogens (tertiary/aromatic N) is 2. The lowest BCUT2D eigenvalue weighted by atomic mass is 9.99. The molecule has 2 aliphatic rings. The summed E-state index contributed by atoms with van der Waals surface area (Å²) in [6.07, 6.45) is 3.99. The van der Waals surface area contributed by atoms with Crippen LogP contribution >= 0.6 is 0 Å². The van der Waals surface area contributed by atoms with Gasteiger partial charge in [-0.25, -0.2) is 12.7 Å². The van der Waals surface area contributed by atoms with Crippen LogP contribution in [-0.4, -0.2) is 67.8 Å². The lowest BCUT2D eigenvalue weighted by Crippen LogP contribution is -2.43. The van der Waals surface area contributed by atoms with Crippen molar-refractivity contribution in [3.05, 3.63) is 0 Å². The largest absolute Gasteiger partial charge is 0.392 e. The second kappa shape index (κ2) is 5.22. The van der Waals surface area contributed by atoms with Crippen molar-refractivity contribution in [2.24, 2.45) is 5.92 Å². The predicted molar refractivity (Wildman–Crippen MR) is 66.2 cm³/mol. The molecule has 1 N–H and O–H groups in total. The predicted octanol–water partition coefficient (Wildman–Crippen LogP) is -0.275. The van der Waals surface area contributed by atoms with Gasteiger partial charge in [0, 0.05) is 32.7 Å². The number of β-amino-alcohol motifs (C(OH)–C–C–N with tert-alkyl or cyclic N) is 1. The summed E-state index contributed by atoms with van der Waals surface area (Å²) in [6, 6.07) is 0. The van der Waals surface area contributed by atoms with Crippen LogP contribution in [0.1, 0.15) is 19.3 Å². The van der Waals surface area contributed by atoms with Crippen LogP contribution in [0.5, 0.6) is 0 Å². The molecule has 0 radical (unpaired) electrons. The van der Waals surface area contributed by atoms with Crippen LogP contribution in [0.3, 0.4) is 0 Å². The quantitative estimate of drug-likeness (QED) is 0.760. The van der Waals surface area contributed by atoms with Crippen molar-refractivity contribution >= 4 is 10.0 Å². The second-order valence-electron chi connectivity index (χ2n) is 5.33. The Morgan fingerprint density at radius 3 is 2.59 bits per heavy atom. The van der Waals surface area contributed by atoms with Crippen molar-refractivity contribution < 1.29 is 13.5 Å². The first kappa shape index (κ1) is 13.3. The van der Waals surface area contributed by atoms with Crippen molar-refractivity contribution in [2.75, 3.05) is 39.0 Å². The minimum atomic E-state index is -3.04. The zero-order valence-electron chi connectivity index (χ0n) is 10.4. The molecule has 0 aromatic carbocycles. The zero-order chi connectivity index (χ0) is 12.5. The highest BCUT2D eigenvalue weighted by atomic mass is 32.2. The summed E-state index contributed by atoms with van der Waals surface area (Å²) in [6.45, 7) is 3.92. The third-order valence-corrected chi connectivity index (χ3v) is 4.98. The average molecular weight is 262 g/mol. The van der Waals surface area contributed by atoms with Gasteiger partial charge in [0.15, 0.2) is 0 Å². The third kappa shape index (κ3) is 3.64. The Labute approximate surface area is 103 Å². The summed E-state index contributed by atoms with van der Waals surface area (Å²) < 4.78 is 24.6. The summed E-state index contributed by atoms with van der Waals surface area (Å²) in [5.41, 5.74) is 0. The maximum Gasteiger partial charge on any atom is 0.211 e. The van der Waals surface area contributed by atoms with E-state index in [1.165, 1.54) is 6.26 Å². The monoisotopic (exact) mass is 262 g/mol. The van der Waals surface area contributed by atoms with Gasteiger partial charge in [0.2, 0.25) is 10.0 Å². The van der Waals surface area contributed by atoms with Crippen molar-refractivity contribution in [3.63, 3.8) is 0 Å². The molecule has 0 aromatic heterocycles. The topological polar surface area (TPSA) is 60.9 Å². The Morgan fingerprint density at radius 2 is 2.00 bits per heavy atom. The van der Waals surface area contributed by atoms with Crippen LogP contribution in [0.25, 0.3) is 0 Å². The maximum absolute atomic E-state index is 11.5. The second-order valence-corrected chi connectivity index (χ2v) is 7.31. The molecule has 1 unspecified atom stereocenters. The smallest absolute Gasteiger partial charge is 0.211 e. The number of aliphatic hydroxyl groups excluding tert-OH is 1. The molecule has 2 atom stereocenters. The minimum absolute atomic E-state index is 0.190. The Bertz CT molecular complexity index is 358. The van der Waals surface area contributed by atoms with Crippen molar-refractivity contribution in [1.82, 2.24) is 9.21 Å². The average Bonchev–Trinajstić information content (AvgIpc) is 2.63. The fourth-order valence-electron chi connectivity index (χ4n) is 2.82. The highest BCUT2D eigenvalue weighted by Gasteiger charge is 2.29. The molecule has 2 rings (SSSR count). The van der Waals surface area contributed by atoms with E-state index in [0.717, 1.165) is 38.9 Å². The van der Waals surface area contributed by atoms with Gasteiger partial charge in [0.25, 0.3) is 0 Å². The van der Waals surface area contributed by atoms with Crippen LogP contribution in [0.2, 0.25) is 0 Å². The number of likely N-dealkylation sites (tertiary alicyclic amines) is 1. The summed E-state index contributed by atoms with van der Waals surface area (Å²) in [7, 11) is -3.04. The lowest BCUT2D eigenvalue weighted by molar-refractivity contribution is 0.157. The Hall–Kier alpha value is -0.170. The molecule has 0 aliphatic carbocycles. The Balaban J connectivity index is 1.85. The first-order valence-corrected chi connectivity index (χ1v) is 8.15. The lowest BCUT2D eigenvalue weighted by Gasteiger charge is -2.33. The van der Waals surface area contributed by atoms with Gasteiger partial charge in [0.05, 0.1) is 12.4 Å². The molecule has 2 fully saturated rings. The summed E-state index contributed by atoms with van der Waals surface area (Å²) in [4.78, 5) is 2.25. The number of aliphatic hydroxyl groups is 1. The van der Waals surface area contributed by atoms with Gasteiger partial charge in [-0.05, 0) is 25.2 Å². The van der Waals surface area contributed by atoms with Crippen LogP contribution in [0.15, 0.2) is 0 Å². The number of rotatable bonds is 3. The SMILES string of the molecule is CS(=O)(=O)N1CCCC(CN2CC[C@@H](O)C2)C1. The molecular weight excluding hydrogens is 240 g/mol. The fraction of sp³-hybridized carbons (Fsp3) is 1.00. The molecule has 0 aromatic rings. The van der Waals surface area contributed by atoms with Gasteiger partial charge in [-0.1, -0.05) is 0 Å². The van der Waals surface area contributed by atoms with Crippen molar-refractivity contribution in [1.29, 1.82) is 0 Å². The zero-order valence-corrected chi connectivity index (χ0v) is 11.2. The summed E-state index contributed by atoms with van der Waals surface area (Å²) >= 11 is 0. The van der Waals surface area contributed by atoms with Crippen LogP contribution in [0, 0.1) is 5.92 Å². The van der Waals surface area contributed by atoms with E-state index in [-0.39, 0.29) is 6.10 Å². The van der Waals surface area contributed by atoms with E-state index in [9.17, 15) is 13.5 Å². The molecule has 0 bridgehead atoms. The van der Waals surface area contributed by atoms with Gasteiger partial charge in [-0.15, -0.1) is 0 Å². The van der Waals surface area contributed by atoms with E-state index in [1.54, 1.807) is 4.31 Å². The van der Waals surface area contributed by atoms with E-state index < -0.39 is 10.0 Å². The van der Waals surface area contributed by atoms with Gasteiger partial charge in [-0.3, -0.25) is 0 Å². The molecular formula is C11H22N2O3S. The Kier molecular flexibility index (Phi) is 4.07. The van der Waals surface area contributed by atoms with Crippen LogP contribution in [0.4, 0.5) is 0 Å². The molecule has 2 saturated heterocycles. The summed E-state index contributed by atoms with van der Waals surface area (Å²) in [5.74, 6) is 0.420. The molecule has 17 heavy (non-hydrogen) atoms. The number of piperidine rings is 1. The van der Waals surface area contributed by atoms with E-state index in [0.29, 0.717) is 19.0 Å². The van der Waals surface area contributed by atoms with Gasteiger partial charge in [0.1, 0.15) is 0 Å². The van der Waals surface area contributed by atoms with E-state index in [2.05, 4.69) is 4.90 Å². The Morgan fingerprint density at radius 1 is 1.24 bits per heavy atom. The molecule has 0 amide bonds. The molecule has 6 heteroatoms. The highest BCUT2D eigenvalue weighted by Crippen LogP contribution is 2.21. The molecule has 0 spiro atoms. The summed E-state index contributed by atoms with van der Waals surface area (Å²) in [5, 5.41) is 9.46. The van der Waals surface area contributed by atoms with Gasteiger partial charge < -0.3 is 10.0 Å². The number of sulfonamides is 1. The first-order chi connectivity index (χ1) is 7.95. The van der Waals surface area contributed by atoms with E-state index in [1.807, 2.05) is 0 Å².